The van der Waals surface area contributed by atoms with Gasteiger partial charge >= 0.3 is 0 Å². The Morgan fingerprint density at radius 1 is 1.15 bits per heavy atom. The molecule has 2 heterocycles. The number of nitrogens with zero attached hydrogens (tertiary/aromatic N) is 4. The molecule has 1 fully saturated rings. The monoisotopic (exact) mass is 380 g/mol. The van der Waals surface area contributed by atoms with Gasteiger partial charge in [0.15, 0.2) is 0 Å². The van der Waals surface area contributed by atoms with Gasteiger partial charge in [-0.2, -0.15) is 4.31 Å². The lowest BCUT2D eigenvalue weighted by Crippen LogP contribution is -2.49. The van der Waals surface area contributed by atoms with E-state index in [4.69, 9.17) is 9.15 Å². The zero-order chi connectivity index (χ0) is 18.7. The largest absolute Gasteiger partial charge is 0.496 e. The molecular weight excluding hydrogens is 356 g/mol. The molecule has 2 aromatic rings. The first kappa shape index (κ1) is 18.8. The Balaban J connectivity index is 1.58. The maximum absolute atomic E-state index is 12.9. The van der Waals surface area contributed by atoms with Crippen LogP contribution in [0.1, 0.15) is 17.3 Å². The van der Waals surface area contributed by atoms with Crippen molar-refractivity contribution >= 4 is 10.0 Å². The van der Waals surface area contributed by atoms with Gasteiger partial charge in [0.1, 0.15) is 5.75 Å². The van der Waals surface area contributed by atoms with Crippen LogP contribution >= 0.6 is 0 Å². The van der Waals surface area contributed by atoms with Crippen LogP contribution in [0.4, 0.5) is 0 Å². The summed E-state index contributed by atoms with van der Waals surface area (Å²) in [4.78, 5) is 2.52. The standard InChI is InChI=1S/C17H24N4O4S/c1-13-12-15(4-5-16(13)24-3)26(22,23)21-10-8-20(9-11-21)7-6-17-19-18-14(2)25-17/h4-5,12H,6-11H2,1-3H3. The summed E-state index contributed by atoms with van der Waals surface area (Å²) in [5.41, 5.74) is 0.807. The van der Waals surface area contributed by atoms with Crippen molar-refractivity contribution in [2.75, 3.05) is 39.8 Å². The molecule has 0 bridgehead atoms. The number of benzene rings is 1. The van der Waals surface area contributed by atoms with E-state index in [1.54, 1.807) is 36.5 Å². The summed E-state index contributed by atoms with van der Waals surface area (Å²) in [5, 5.41) is 7.80. The minimum absolute atomic E-state index is 0.311. The maximum atomic E-state index is 12.9. The van der Waals surface area contributed by atoms with E-state index in [9.17, 15) is 8.42 Å². The van der Waals surface area contributed by atoms with Crippen molar-refractivity contribution in [1.82, 2.24) is 19.4 Å². The fourth-order valence-electron chi connectivity index (χ4n) is 3.05. The van der Waals surface area contributed by atoms with Crippen molar-refractivity contribution in [2.45, 2.75) is 25.2 Å². The van der Waals surface area contributed by atoms with Crippen LogP contribution in [0.15, 0.2) is 27.5 Å². The molecule has 1 aliphatic heterocycles. The Morgan fingerprint density at radius 2 is 1.88 bits per heavy atom. The van der Waals surface area contributed by atoms with Gasteiger partial charge in [-0.3, -0.25) is 0 Å². The molecule has 0 radical (unpaired) electrons. The van der Waals surface area contributed by atoms with Crippen LogP contribution in [-0.4, -0.2) is 67.7 Å². The zero-order valence-electron chi connectivity index (χ0n) is 15.3. The SMILES string of the molecule is COc1ccc(S(=O)(=O)N2CCN(CCc3nnc(C)o3)CC2)cc1C. The summed E-state index contributed by atoms with van der Waals surface area (Å²) >= 11 is 0. The molecule has 26 heavy (non-hydrogen) atoms. The Kier molecular flexibility index (Phi) is 5.59. The Bertz CT molecular complexity index is 857. The van der Waals surface area contributed by atoms with Gasteiger partial charge in [-0.1, -0.05) is 0 Å². The summed E-state index contributed by atoms with van der Waals surface area (Å²) in [6.45, 7) is 6.68. The van der Waals surface area contributed by atoms with Crippen molar-refractivity contribution in [1.29, 1.82) is 0 Å². The third-order valence-corrected chi connectivity index (χ3v) is 6.44. The predicted octanol–water partition coefficient (Wildman–Crippen LogP) is 1.24. The van der Waals surface area contributed by atoms with Crippen LogP contribution in [0.5, 0.6) is 5.75 Å². The van der Waals surface area contributed by atoms with Gasteiger partial charge in [-0.15, -0.1) is 10.2 Å². The van der Waals surface area contributed by atoms with Crippen molar-refractivity contribution in [3.8, 4) is 5.75 Å². The first-order chi connectivity index (χ1) is 12.4. The zero-order valence-corrected chi connectivity index (χ0v) is 16.1. The Labute approximate surface area is 153 Å². The number of rotatable bonds is 6. The minimum Gasteiger partial charge on any atom is -0.496 e. The molecule has 3 rings (SSSR count). The van der Waals surface area contributed by atoms with Crippen LogP contribution < -0.4 is 4.74 Å². The highest BCUT2D eigenvalue weighted by Crippen LogP contribution is 2.24. The molecular formula is C17H24N4O4S. The maximum Gasteiger partial charge on any atom is 0.243 e. The number of methoxy groups -OCH3 is 1. The van der Waals surface area contributed by atoms with Gasteiger partial charge in [-0.25, -0.2) is 8.42 Å². The van der Waals surface area contributed by atoms with Crippen molar-refractivity contribution in [3.05, 3.63) is 35.5 Å². The molecule has 8 nitrogen and oxygen atoms in total. The highest BCUT2D eigenvalue weighted by molar-refractivity contribution is 7.89. The molecule has 0 aliphatic carbocycles. The quantitative estimate of drug-likeness (QED) is 0.745. The number of aromatic nitrogens is 2. The topological polar surface area (TPSA) is 88.8 Å². The summed E-state index contributed by atoms with van der Waals surface area (Å²) in [6, 6.07) is 4.97. The molecule has 0 amide bonds. The third-order valence-electron chi connectivity index (χ3n) is 4.55. The van der Waals surface area contributed by atoms with Gasteiger partial charge < -0.3 is 14.1 Å². The molecule has 0 unspecified atom stereocenters. The average molecular weight is 380 g/mol. The summed E-state index contributed by atoms with van der Waals surface area (Å²) in [7, 11) is -1.91. The smallest absolute Gasteiger partial charge is 0.243 e. The molecule has 0 N–H and O–H groups in total. The fraction of sp³-hybridized carbons (Fsp3) is 0.529. The second-order valence-corrected chi connectivity index (χ2v) is 8.28. The van der Waals surface area contributed by atoms with E-state index in [2.05, 4.69) is 15.1 Å². The first-order valence-corrected chi connectivity index (χ1v) is 10.0. The van der Waals surface area contributed by atoms with E-state index in [1.165, 1.54) is 0 Å². The highest BCUT2D eigenvalue weighted by Gasteiger charge is 2.28. The van der Waals surface area contributed by atoms with E-state index in [-0.39, 0.29) is 0 Å². The number of hydrogen-bond donors (Lipinski definition) is 0. The van der Waals surface area contributed by atoms with Crippen molar-refractivity contribution in [2.24, 2.45) is 0 Å². The van der Waals surface area contributed by atoms with Crippen LogP contribution in [0.3, 0.4) is 0 Å². The second kappa shape index (κ2) is 7.73. The lowest BCUT2D eigenvalue weighted by molar-refractivity contribution is 0.186. The van der Waals surface area contributed by atoms with E-state index in [0.29, 0.717) is 55.0 Å². The van der Waals surface area contributed by atoms with Crippen LogP contribution in [0, 0.1) is 13.8 Å². The number of piperazine rings is 1. The lowest BCUT2D eigenvalue weighted by atomic mass is 10.2. The van der Waals surface area contributed by atoms with Crippen LogP contribution in [0.25, 0.3) is 0 Å². The van der Waals surface area contributed by atoms with E-state index in [0.717, 1.165) is 12.1 Å². The second-order valence-electron chi connectivity index (χ2n) is 6.34. The Hall–Kier alpha value is -1.97. The third kappa shape index (κ3) is 4.05. The average Bonchev–Trinajstić information content (AvgIpc) is 3.05. The summed E-state index contributed by atoms with van der Waals surface area (Å²) < 4.78 is 37.8. The van der Waals surface area contributed by atoms with Gasteiger partial charge in [0, 0.05) is 46.1 Å². The molecule has 0 atom stereocenters. The van der Waals surface area contributed by atoms with Crippen molar-refractivity contribution < 1.29 is 17.6 Å². The van der Waals surface area contributed by atoms with Gasteiger partial charge in [-0.05, 0) is 30.7 Å². The van der Waals surface area contributed by atoms with E-state index < -0.39 is 10.0 Å². The normalized spacial score (nSPS) is 16.7. The van der Waals surface area contributed by atoms with Crippen molar-refractivity contribution in [3.63, 3.8) is 0 Å². The number of ether oxygens (including phenoxy) is 1. The van der Waals surface area contributed by atoms with E-state index in [1.807, 2.05) is 6.92 Å². The number of sulfonamides is 1. The van der Waals surface area contributed by atoms with Crippen LogP contribution in [0.2, 0.25) is 0 Å². The first-order valence-electron chi connectivity index (χ1n) is 8.56. The number of hydrogen-bond acceptors (Lipinski definition) is 7. The summed E-state index contributed by atoms with van der Waals surface area (Å²) in [5.74, 6) is 1.86. The molecule has 0 spiro atoms. The lowest BCUT2D eigenvalue weighted by Gasteiger charge is -2.33. The highest BCUT2D eigenvalue weighted by atomic mass is 32.2. The number of aryl methyl sites for hydroxylation is 2. The summed E-state index contributed by atoms with van der Waals surface area (Å²) in [6.07, 6.45) is 0.672. The van der Waals surface area contributed by atoms with E-state index >= 15 is 0 Å². The molecule has 9 heteroatoms. The molecule has 142 valence electrons. The van der Waals surface area contributed by atoms with Gasteiger partial charge in [0.25, 0.3) is 0 Å². The molecule has 1 aromatic heterocycles. The predicted molar refractivity (Wildman–Crippen MR) is 95.7 cm³/mol. The van der Waals surface area contributed by atoms with Gasteiger partial charge in [0.2, 0.25) is 21.8 Å². The molecule has 1 saturated heterocycles. The Morgan fingerprint density at radius 3 is 2.46 bits per heavy atom. The minimum atomic E-state index is -3.49. The van der Waals surface area contributed by atoms with Crippen LogP contribution in [-0.2, 0) is 16.4 Å². The van der Waals surface area contributed by atoms with Gasteiger partial charge in [0.05, 0.1) is 12.0 Å². The molecule has 0 saturated carbocycles. The molecule has 1 aromatic carbocycles. The molecule has 1 aliphatic rings. The fourth-order valence-corrected chi connectivity index (χ4v) is 4.55.